The van der Waals surface area contributed by atoms with Crippen LogP contribution in [0.3, 0.4) is 0 Å². The molecule has 0 fully saturated rings. The monoisotopic (exact) mass is 670 g/mol. The quantitative estimate of drug-likeness (QED) is 0.198. The topological polar surface area (TPSA) is 20.7 Å². The van der Waals surface area contributed by atoms with E-state index in [-0.39, 0.29) is 0 Å². The number of hydrogen-bond donors (Lipinski definition) is 1. The Hall–Kier alpha value is -5.77. The van der Waals surface area contributed by atoms with E-state index in [1.807, 2.05) is 11.8 Å². The van der Waals surface area contributed by atoms with Crippen molar-refractivity contribution in [1.29, 1.82) is 0 Å². The molecule has 8 aromatic rings. The highest BCUT2D eigenvalue weighted by Crippen LogP contribution is 2.55. The number of H-pyrrole nitrogens is 1. The van der Waals surface area contributed by atoms with Crippen LogP contribution in [0, 0.1) is 0 Å². The maximum absolute atomic E-state index is 3.67. The average Bonchev–Trinajstić information content (AvgIpc) is 3.87. The molecule has 1 atom stereocenters. The second-order valence-corrected chi connectivity index (χ2v) is 15.1. The number of benzene rings is 6. The summed E-state index contributed by atoms with van der Waals surface area (Å²) in [6.07, 6.45) is 16.9. The number of nitrogens with zero attached hydrogens (tertiary/aromatic N) is 1. The normalized spacial score (nSPS) is 16.6. The number of hydrogen-bond acceptors (Lipinski definition) is 1. The van der Waals surface area contributed by atoms with Gasteiger partial charge in [-0.15, -0.1) is 0 Å². The lowest BCUT2D eigenvalue weighted by atomic mass is 9.89. The predicted octanol–water partition coefficient (Wildman–Crippen LogP) is 13.5. The van der Waals surface area contributed by atoms with Crippen molar-refractivity contribution in [2.75, 3.05) is 0 Å². The third kappa shape index (κ3) is 4.51. The van der Waals surface area contributed by atoms with Gasteiger partial charge in [-0.2, -0.15) is 0 Å². The molecule has 3 aliphatic rings. The van der Waals surface area contributed by atoms with Crippen LogP contribution in [-0.2, 0) is 0 Å². The van der Waals surface area contributed by atoms with Crippen LogP contribution in [0.15, 0.2) is 168 Å². The number of para-hydroxylation sites is 2. The van der Waals surface area contributed by atoms with Crippen molar-refractivity contribution in [3.8, 4) is 27.9 Å². The number of allylic oxidation sites excluding steroid dienone is 8. The van der Waals surface area contributed by atoms with E-state index >= 15 is 0 Å². The smallest absolute Gasteiger partial charge is 0.0547 e. The largest absolute Gasteiger partial charge is 0.354 e. The van der Waals surface area contributed by atoms with Gasteiger partial charge in [0.1, 0.15) is 0 Å². The molecule has 0 bridgehead atoms. The van der Waals surface area contributed by atoms with Crippen LogP contribution in [-0.4, -0.2) is 9.55 Å². The van der Waals surface area contributed by atoms with Gasteiger partial charge in [-0.05, 0) is 99.5 Å². The standard InChI is InChI=1S/C48H34N2S/c1-2-11-30(12-3-1)31-21-23-32(24-22-31)40-28-34(29-41-38-14-6-9-20-46(38)51-48(40)41)50-44-18-8-5-15-39(44)47-35(16-10-19-45(47)50)33-25-26-37-36-13-4-7-17-42(36)49-43(37)27-33/h1-2,4-11,13,15-29,38,49H,3,12,14H2. The Morgan fingerprint density at radius 1 is 0.608 bits per heavy atom. The van der Waals surface area contributed by atoms with Crippen LogP contribution in [0.5, 0.6) is 0 Å². The van der Waals surface area contributed by atoms with Crippen molar-refractivity contribution in [2.45, 2.75) is 30.1 Å². The highest BCUT2D eigenvalue weighted by atomic mass is 32.2. The van der Waals surface area contributed by atoms with Gasteiger partial charge in [-0.25, -0.2) is 0 Å². The van der Waals surface area contributed by atoms with Gasteiger partial charge in [-0.3, -0.25) is 0 Å². The first-order valence-electron chi connectivity index (χ1n) is 18.0. The zero-order valence-electron chi connectivity index (χ0n) is 28.1. The van der Waals surface area contributed by atoms with E-state index in [0.717, 1.165) is 19.3 Å². The van der Waals surface area contributed by atoms with Crippen LogP contribution in [0.2, 0.25) is 0 Å². The zero-order valence-corrected chi connectivity index (χ0v) is 28.9. The Balaban J connectivity index is 1.12. The second-order valence-electron chi connectivity index (χ2n) is 14.0. The number of nitrogens with one attached hydrogen (secondary N) is 1. The Morgan fingerprint density at radius 3 is 2.29 bits per heavy atom. The minimum absolute atomic E-state index is 0.402. The fourth-order valence-corrected chi connectivity index (χ4v) is 10.1. The molecular formula is C48H34N2S. The molecule has 1 N–H and O–H groups in total. The molecular weight excluding hydrogens is 637 g/mol. The third-order valence-corrected chi connectivity index (χ3v) is 12.5. The second kappa shape index (κ2) is 11.4. The molecule has 0 spiro atoms. The molecule has 3 heterocycles. The van der Waals surface area contributed by atoms with Crippen LogP contribution in [0.4, 0.5) is 0 Å². The molecule has 2 aromatic heterocycles. The van der Waals surface area contributed by atoms with E-state index < -0.39 is 0 Å². The average molecular weight is 671 g/mol. The maximum Gasteiger partial charge on any atom is 0.0547 e. The van der Waals surface area contributed by atoms with Crippen molar-refractivity contribution in [2.24, 2.45) is 0 Å². The highest BCUT2D eigenvalue weighted by molar-refractivity contribution is 8.03. The molecule has 0 radical (unpaired) electrons. The SMILES string of the molecule is C1=CCCC(c2ccc(-c3cc(-n4c5ccccc5c5c(-c6ccc7c(c6)[nH]c6ccccc67)cccc54)cc4c3SC3=CC=CCC34)cc2)=C1. The molecule has 2 aliphatic carbocycles. The summed E-state index contributed by atoms with van der Waals surface area (Å²) in [6, 6.07) is 45.5. The molecule has 0 amide bonds. The number of aromatic nitrogens is 2. The summed E-state index contributed by atoms with van der Waals surface area (Å²) in [4.78, 5) is 6.53. The molecule has 11 rings (SSSR count). The molecule has 1 unspecified atom stereocenters. The summed E-state index contributed by atoms with van der Waals surface area (Å²) < 4.78 is 2.51. The minimum atomic E-state index is 0.402. The summed E-state index contributed by atoms with van der Waals surface area (Å²) >= 11 is 1.97. The molecule has 2 nitrogen and oxygen atoms in total. The lowest BCUT2D eigenvalue weighted by molar-refractivity contribution is 0.836. The summed E-state index contributed by atoms with van der Waals surface area (Å²) in [5, 5.41) is 5.10. The van der Waals surface area contributed by atoms with E-state index in [0.29, 0.717) is 5.92 Å². The van der Waals surface area contributed by atoms with Gasteiger partial charge in [0.05, 0.1) is 11.0 Å². The van der Waals surface area contributed by atoms with Gasteiger partial charge >= 0.3 is 0 Å². The number of thioether (sulfide) groups is 1. The maximum atomic E-state index is 3.67. The van der Waals surface area contributed by atoms with Gasteiger partial charge in [-0.1, -0.05) is 133 Å². The Kier molecular flexibility index (Phi) is 6.47. The van der Waals surface area contributed by atoms with E-state index in [2.05, 4.69) is 167 Å². The molecule has 0 saturated heterocycles. The van der Waals surface area contributed by atoms with E-state index in [4.69, 9.17) is 0 Å². The molecule has 242 valence electrons. The molecule has 3 heteroatoms. The summed E-state index contributed by atoms with van der Waals surface area (Å²) in [7, 11) is 0. The van der Waals surface area contributed by atoms with E-state index in [1.54, 1.807) is 0 Å². The van der Waals surface area contributed by atoms with Crippen LogP contribution >= 0.6 is 11.8 Å². The van der Waals surface area contributed by atoms with Gasteiger partial charge in [0.15, 0.2) is 0 Å². The predicted molar refractivity (Wildman–Crippen MR) is 218 cm³/mol. The van der Waals surface area contributed by atoms with Crippen molar-refractivity contribution in [3.05, 3.63) is 174 Å². The summed E-state index contributed by atoms with van der Waals surface area (Å²) in [6.45, 7) is 0. The van der Waals surface area contributed by atoms with Crippen LogP contribution < -0.4 is 0 Å². The Labute approximate surface area is 301 Å². The number of rotatable bonds is 4. The molecule has 0 saturated carbocycles. The lowest BCUT2D eigenvalue weighted by Gasteiger charge is -2.18. The Morgan fingerprint density at radius 2 is 1.39 bits per heavy atom. The van der Waals surface area contributed by atoms with Gasteiger partial charge in [0, 0.05) is 49.1 Å². The molecule has 51 heavy (non-hydrogen) atoms. The fraction of sp³-hybridized carbons (Fsp3) is 0.0833. The number of aromatic amines is 1. The zero-order chi connectivity index (χ0) is 33.5. The van der Waals surface area contributed by atoms with Gasteiger partial charge < -0.3 is 9.55 Å². The fourth-order valence-electron chi connectivity index (χ4n) is 8.73. The van der Waals surface area contributed by atoms with Crippen molar-refractivity contribution in [3.63, 3.8) is 0 Å². The first-order valence-corrected chi connectivity index (χ1v) is 18.8. The minimum Gasteiger partial charge on any atom is -0.354 e. The molecule has 6 aromatic carbocycles. The molecule has 1 aliphatic heterocycles. The van der Waals surface area contributed by atoms with Gasteiger partial charge in [0.25, 0.3) is 0 Å². The first kappa shape index (κ1) is 29.0. The van der Waals surface area contributed by atoms with Crippen molar-refractivity contribution < 1.29 is 0 Å². The van der Waals surface area contributed by atoms with Crippen LogP contribution in [0.1, 0.15) is 36.3 Å². The lowest BCUT2D eigenvalue weighted by Crippen LogP contribution is -2.01. The summed E-state index contributed by atoms with van der Waals surface area (Å²) in [5.74, 6) is 0.402. The van der Waals surface area contributed by atoms with Crippen molar-refractivity contribution >= 4 is 60.9 Å². The third-order valence-electron chi connectivity index (χ3n) is 11.2. The Bertz CT molecular complexity index is 2850. The van der Waals surface area contributed by atoms with E-state index in [1.165, 1.54) is 98.1 Å². The van der Waals surface area contributed by atoms with Crippen molar-refractivity contribution in [1.82, 2.24) is 9.55 Å². The summed E-state index contributed by atoms with van der Waals surface area (Å²) in [5.41, 5.74) is 15.3. The number of fused-ring (bicyclic) bond motifs is 9. The first-order chi connectivity index (χ1) is 25.3. The van der Waals surface area contributed by atoms with E-state index in [9.17, 15) is 0 Å². The van der Waals surface area contributed by atoms with Gasteiger partial charge in [0.2, 0.25) is 0 Å². The van der Waals surface area contributed by atoms with Crippen LogP contribution in [0.25, 0.3) is 77.1 Å². The highest BCUT2D eigenvalue weighted by Gasteiger charge is 2.32.